The van der Waals surface area contributed by atoms with Gasteiger partial charge in [0.05, 0.1) is 0 Å². The van der Waals surface area contributed by atoms with Crippen LogP contribution in [-0.2, 0) is 9.59 Å². The number of hydrogen-bond acceptors (Lipinski definition) is 4. The maximum absolute atomic E-state index is 10.6. The minimum atomic E-state index is -2.46. The molecule has 1 aliphatic carbocycles. The molecule has 0 aromatic carbocycles. The summed E-state index contributed by atoms with van der Waals surface area (Å²) in [7, 11) is 3.70. The van der Waals surface area contributed by atoms with Crippen molar-refractivity contribution in [3.8, 4) is 0 Å². The van der Waals surface area contributed by atoms with Crippen molar-refractivity contribution in [3.05, 3.63) is 0 Å². The first kappa shape index (κ1) is 14.4. The molecule has 8 heteroatoms. The summed E-state index contributed by atoms with van der Waals surface area (Å²) in [5.74, 6) is -2.31. The van der Waals surface area contributed by atoms with Crippen molar-refractivity contribution < 1.29 is 24.7 Å². The van der Waals surface area contributed by atoms with Crippen molar-refractivity contribution in [3.63, 3.8) is 0 Å². The summed E-state index contributed by atoms with van der Waals surface area (Å²) in [5, 5.41) is 17.3. The molecule has 1 fully saturated rings. The molecule has 0 spiro atoms. The molecule has 0 aromatic heterocycles. The van der Waals surface area contributed by atoms with Crippen molar-refractivity contribution in [1.29, 1.82) is 0 Å². The fourth-order valence-electron chi connectivity index (χ4n) is 1.78. The first-order valence-electron chi connectivity index (χ1n) is 5.38. The Morgan fingerprint density at radius 1 is 1.47 bits per heavy atom. The van der Waals surface area contributed by atoms with Gasteiger partial charge in [0.15, 0.2) is 0 Å². The molecule has 0 saturated heterocycles. The maximum atomic E-state index is 10.6. The molecule has 4 atom stereocenters. The van der Waals surface area contributed by atoms with E-state index in [1.807, 2.05) is 0 Å². The topological polar surface area (TPSA) is 121 Å². The Bertz CT molecular complexity index is 374. The number of rotatable bonds is 7. The molecular weight excluding hydrogens is 244 g/mol. The Morgan fingerprint density at radius 3 is 2.47 bits per heavy atom. The molecule has 0 aromatic rings. The van der Waals surface area contributed by atoms with Gasteiger partial charge in [-0.25, -0.2) is 0 Å². The van der Waals surface area contributed by atoms with Gasteiger partial charge in [-0.1, -0.05) is 0 Å². The number of carbonyl (C=O) groups is 2. The predicted molar refractivity (Wildman–Crippen MR) is 65.5 cm³/mol. The summed E-state index contributed by atoms with van der Waals surface area (Å²) in [6.07, 6.45) is 1.41. The van der Waals surface area contributed by atoms with Crippen LogP contribution in [0, 0.1) is 11.8 Å². The zero-order valence-corrected chi connectivity index (χ0v) is 10.3. The second-order valence-corrected chi connectivity index (χ2v) is 7.68. The van der Waals surface area contributed by atoms with E-state index in [4.69, 9.17) is 15.9 Å². The third kappa shape index (κ3) is 4.62. The van der Waals surface area contributed by atoms with Crippen molar-refractivity contribution in [2.45, 2.75) is 18.9 Å². The second-order valence-electron chi connectivity index (χ2n) is 4.68. The molecule has 1 aliphatic rings. The first-order chi connectivity index (χ1) is 7.73. The van der Waals surface area contributed by atoms with E-state index < -0.39 is 25.0 Å². The van der Waals surface area contributed by atoms with Crippen LogP contribution in [-0.4, -0.2) is 52.6 Å². The molecule has 0 aliphatic heterocycles. The molecule has 1 saturated carbocycles. The Hall–Kier alpha value is -0.645. The molecule has 1 rings (SSSR count). The van der Waals surface area contributed by atoms with E-state index in [1.54, 1.807) is 0 Å². The zero-order valence-electron chi connectivity index (χ0n) is 9.45. The number of carboxylic acid groups (broad SMARTS) is 2. The van der Waals surface area contributed by atoms with Gasteiger partial charge in [-0.3, -0.25) is 0 Å². The number of nitrogens with two attached hydrogens (primary N) is 1. The fourth-order valence-corrected chi connectivity index (χ4v) is 4.00. The van der Waals surface area contributed by atoms with Crippen molar-refractivity contribution >= 4 is 26.1 Å². The third-order valence-corrected chi connectivity index (χ3v) is 5.23. The first-order valence-corrected chi connectivity index (χ1v) is 7.68. The van der Waals surface area contributed by atoms with Gasteiger partial charge in [0.25, 0.3) is 0 Å². The van der Waals surface area contributed by atoms with Crippen LogP contribution in [0.4, 0.5) is 0 Å². The molecule has 0 heterocycles. The second kappa shape index (κ2) is 5.33. The fraction of sp³-hybridized carbons (Fsp3) is 0.778. The number of hydrogen-bond donors (Lipinski definition) is 4. The van der Waals surface area contributed by atoms with Crippen LogP contribution in [0.2, 0.25) is 0 Å². The van der Waals surface area contributed by atoms with E-state index in [0.717, 1.165) is 0 Å². The van der Waals surface area contributed by atoms with Crippen LogP contribution < -0.4 is 5.73 Å². The van der Waals surface area contributed by atoms with Gasteiger partial charge in [-0.2, -0.15) is 0 Å². The summed E-state index contributed by atoms with van der Waals surface area (Å²) in [6, 6.07) is -0.988. The van der Waals surface area contributed by atoms with E-state index in [2.05, 4.69) is 7.18 Å². The molecule has 0 bridgehead atoms. The van der Waals surface area contributed by atoms with E-state index in [-0.39, 0.29) is 24.4 Å². The molecular formula is C9H17BNO5P. The molecule has 5 N–H and O–H groups in total. The van der Waals surface area contributed by atoms with Crippen LogP contribution >= 0.6 is 6.98 Å². The van der Waals surface area contributed by atoms with E-state index in [9.17, 15) is 14.5 Å². The SMILES string of the molecule is B=P(O)(CC[C@H](N)C(=O)O)CC1CC1C(=O)O. The summed E-state index contributed by atoms with van der Waals surface area (Å²) in [6.45, 7) is -2.46. The van der Waals surface area contributed by atoms with Gasteiger partial charge in [0, 0.05) is 0 Å². The summed E-state index contributed by atoms with van der Waals surface area (Å²) >= 11 is 0. The van der Waals surface area contributed by atoms with Gasteiger partial charge in [0.2, 0.25) is 0 Å². The van der Waals surface area contributed by atoms with E-state index >= 15 is 0 Å². The van der Waals surface area contributed by atoms with Gasteiger partial charge in [-0.05, 0) is 0 Å². The summed E-state index contributed by atoms with van der Waals surface area (Å²) in [5.41, 5.74) is 5.33. The standard InChI is InChI=1S/C9H17BNO5P/c10-17(16,2-1-7(11)9(14)15)4-5-3-6(5)8(12)13/h5-7,10,16H,1-4,11H2,(H,12,13)(H,14,15)/t5?,6?,7-,17?/m0/s1. The van der Waals surface area contributed by atoms with Gasteiger partial charge in [0.1, 0.15) is 0 Å². The zero-order chi connectivity index (χ0) is 13.2. The quantitative estimate of drug-likeness (QED) is 0.353. The average molecular weight is 261 g/mol. The van der Waals surface area contributed by atoms with Crippen molar-refractivity contribution in [1.82, 2.24) is 0 Å². The van der Waals surface area contributed by atoms with E-state index in [1.165, 1.54) is 0 Å². The summed E-state index contributed by atoms with van der Waals surface area (Å²) in [4.78, 5) is 31.1. The minimum absolute atomic E-state index is 0.00983. The van der Waals surface area contributed by atoms with Crippen molar-refractivity contribution in [2.75, 3.05) is 12.3 Å². The van der Waals surface area contributed by atoms with Gasteiger partial charge in [-0.15, -0.1) is 0 Å². The van der Waals surface area contributed by atoms with Gasteiger partial charge < -0.3 is 0 Å². The molecule has 0 radical (unpaired) electrons. The van der Waals surface area contributed by atoms with Crippen LogP contribution in [0.5, 0.6) is 0 Å². The van der Waals surface area contributed by atoms with Crippen LogP contribution in [0.1, 0.15) is 12.8 Å². The third-order valence-electron chi connectivity index (χ3n) is 2.99. The van der Waals surface area contributed by atoms with Crippen LogP contribution in [0.25, 0.3) is 0 Å². The molecule has 6 nitrogen and oxygen atoms in total. The Labute approximate surface area is 100 Å². The Morgan fingerprint density at radius 2 is 2.06 bits per heavy atom. The normalized spacial score (nSPS) is 28.1. The average Bonchev–Trinajstić information content (AvgIpc) is 2.92. The summed E-state index contributed by atoms with van der Waals surface area (Å²) < 4.78 is 0. The number of aliphatic carboxylic acids is 2. The van der Waals surface area contributed by atoms with Crippen LogP contribution in [0.3, 0.4) is 0 Å². The van der Waals surface area contributed by atoms with Crippen molar-refractivity contribution in [2.24, 2.45) is 17.6 Å². The molecule has 96 valence electrons. The van der Waals surface area contributed by atoms with E-state index in [0.29, 0.717) is 12.6 Å². The molecule has 3 unspecified atom stereocenters. The monoisotopic (exact) mass is 261 g/mol. The van der Waals surface area contributed by atoms with Gasteiger partial charge >= 0.3 is 99.6 Å². The Balaban J connectivity index is 2.35. The predicted octanol–water partition coefficient (Wildman–Crippen LogP) is -0.750. The number of carboxylic acids is 2. The molecule has 0 amide bonds. The molecule has 17 heavy (non-hydrogen) atoms. The van der Waals surface area contributed by atoms with Crippen LogP contribution in [0.15, 0.2) is 0 Å². The Kier molecular flexibility index (Phi) is 4.52.